The summed E-state index contributed by atoms with van der Waals surface area (Å²) in [5.74, 6) is -0.956. The van der Waals surface area contributed by atoms with Gasteiger partial charge in [-0.2, -0.15) is 0 Å². The quantitative estimate of drug-likeness (QED) is 0.685. The van der Waals surface area contributed by atoms with Crippen LogP contribution >= 0.6 is 0 Å². The Morgan fingerprint density at radius 2 is 1.77 bits per heavy atom. The van der Waals surface area contributed by atoms with E-state index in [0.29, 0.717) is 6.54 Å². The summed E-state index contributed by atoms with van der Waals surface area (Å²) in [5, 5.41) is 14.5. The van der Waals surface area contributed by atoms with Crippen molar-refractivity contribution in [3.63, 3.8) is 0 Å². The van der Waals surface area contributed by atoms with Crippen molar-refractivity contribution in [2.75, 3.05) is 19.6 Å². The van der Waals surface area contributed by atoms with E-state index in [0.717, 1.165) is 25.2 Å². The molecule has 0 aromatic heterocycles. The van der Waals surface area contributed by atoms with E-state index >= 15 is 0 Å². The highest BCUT2D eigenvalue weighted by atomic mass is 16.4. The summed E-state index contributed by atoms with van der Waals surface area (Å²) >= 11 is 0. The molecule has 0 saturated heterocycles. The van der Waals surface area contributed by atoms with E-state index in [2.05, 4.69) is 29.4 Å². The van der Waals surface area contributed by atoms with E-state index < -0.39 is 5.97 Å². The molecule has 1 aromatic carbocycles. The first kappa shape index (κ1) is 18.0. The van der Waals surface area contributed by atoms with E-state index in [1.165, 1.54) is 12.1 Å². The largest absolute Gasteiger partial charge is 0.478 e. The fraction of sp³-hybridized carbons (Fsp3) is 0.500. The maximum Gasteiger partial charge on any atom is 0.335 e. The molecule has 22 heavy (non-hydrogen) atoms. The molecule has 1 rings (SSSR count). The van der Waals surface area contributed by atoms with Crippen LogP contribution in [0.3, 0.4) is 0 Å². The Labute approximate surface area is 131 Å². The maximum atomic E-state index is 11.8. The van der Waals surface area contributed by atoms with Crippen LogP contribution in [-0.4, -0.2) is 47.7 Å². The van der Waals surface area contributed by atoms with Gasteiger partial charge in [0, 0.05) is 19.1 Å². The first-order valence-electron chi connectivity index (χ1n) is 7.55. The van der Waals surface area contributed by atoms with Crippen LogP contribution in [0.1, 0.15) is 36.7 Å². The third-order valence-corrected chi connectivity index (χ3v) is 3.46. The molecule has 1 atom stereocenters. The molecule has 0 aliphatic carbocycles. The number of nitrogens with one attached hydrogen (secondary N) is 2. The Balaban J connectivity index is 2.37. The van der Waals surface area contributed by atoms with Crippen LogP contribution in [0.5, 0.6) is 0 Å². The molecule has 0 saturated carbocycles. The molecule has 1 aromatic rings. The Kier molecular flexibility index (Phi) is 7.39. The van der Waals surface area contributed by atoms with E-state index in [-0.39, 0.29) is 17.6 Å². The van der Waals surface area contributed by atoms with Crippen LogP contribution in [0.25, 0.3) is 0 Å². The van der Waals surface area contributed by atoms with Crippen molar-refractivity contribution in [3.05, 3.63) is 35.4 Å². The lowest BCUT2D eigenvalue weighted by Crippen LogP contribution is -2.45. The lowest BCUT2D eigenvalue weighted by Gasteiger charge is -2.23. The number of carboxylic acid groups (broad SMARTS) is 1. The number of aromatic carboxylic acids is 1. The molecule has 3 N–H and O–H groups in total. The summed E-state index contributed by atoms with van der Waals surface area (Å²) in [6, 6.07) is 6.29. The second-order valence-corrected chi connectivity index (χ2v) is 5.22. The molecular weight excluding hydrogens is 282 g/mol. The summed E-state index contributed by atoms with van der Waals surface area (Å²) in [4.78, 5) is 24.8. The number of rotatable bonds is 8. The van der Waals surface area contributed by atoms with Crippen LogP contribution in [0.4, 0.5) is 4.79 Å². The zero-order chi connectivity index (χ0) is 16.5. The van der Waals surface area contributed by atoms with Crippen LogP contribution in [0.15, 0.2) is 24.3 Å². The zero-order valence-corrected chi connectivity index (χ0v) is 13.4. The molecule has 6 nitrogen and oxygen atoms in total. The summed E-state index contributed by atoms with van der Waals surface area (Å²) in [5.41, 5.74) is 1.09. The SMILES string of the molecule is CCN(CC)CC(C)NC(=O)NCc1ccc(C(=O)O)cc1. The number of hydrogen-bond acceptors (Lipinski definition) is 3. The number of carbonyl (C=O) groups is 2. The number of nitrogens with zero attached hydrogens (tertiary/aromatic N) is 1. The van der Waals surface area contributed by atoms with Gasteiger partial charge in [-0.3, -0.25) is 0 Å². The van der Waals surface area contributed by atoms with E-state index in [9.17, 15) is 9.59 Å². The number of urea groups is 1. The van der Waals surface area contributed by atoms with Crippen molar-refractivity contribution in [1.29, 1.82) is 0 Å². The van der Waals surface area contributed by atoms with Gasteiger partial charge in [-0.05, 0) is 37.7 Å². The van der Waals surface area contributed by atoms with Gasteiger partial charge in [-0.15, -0.1) is 0 Å². The van der Waals surface area contributed by atoms with Crippen molar-refractivity contribution in [1.82, 2.24) is 15.5 Å². The second kappa shape index (κ2) is 9.04. The Bertz CT molecular complexity index is 484. The van der Waals surface area contributed by atoms with E-state index in [4.69, 9.17) is 5.11 Å². The summed E-state index contributed by atoms with van der Waals surface area (Å²) in [7, 11) is 0. The first-order chi connectivity index (χ1) is 10.5. The minimum Gasteiger partial charge on any atom is -0.478 e. The number of likely N-dealkylation sites (N-methyl/N-ethyl adjacent to an activating group) is 1. The number of amides is 2. The summed E-state index contributed by atoms with van der Waals surface area (Å²) in [6.07, 6.45) is 0. The van der Waals surface area contributed by atoms with Crippen LogP contribution in [0, 0.1) is 0 Å². The lowest BCUT2D eigenvalue weighted by atomic mass is 10.1. The molecule has 0 radical (unpaired) electrons. The molecule has 0 aliphatic heterocycles. The lowest BCUT2D eigenvalue weighted by molar-refractivity contribution is 0.0697. The van der Waals surface area contributed by atoms with Gasteiger partial charge in [0.2, 0.25) is 0 Å². The standard InChI is InChI=1S/C16H25N3O3/c1-4-19(5-2)11-12(3)18-16(22)17-10-13-6-8-14(9-7-13)15(20)21/h6-9,12H,4-5,10-11H2,1-3H3,(H,20,21)(H2,17,18,22). The molecule has 1 unspecified atom stereocenters. The van der Waals surface area contributed by atoms with Crippen molar-refractivity contribution in [3.8, 4) is 0 Å². The van der Waals surface area contributed by atoms with Gasteiger partial charge in [-0.1, -0.05) is 26.0 Å². The molecule has 0 bridgehead atoms. The fourth-order valence-corrected chi connectivity index (χ4v) is 2.14. The zero-order valence-electron chi connectivity index (χ0n) is 13.4. The fourth-order valence-electron chi connectivity index (χ4n) is 2.14. The van der Waals surface area contributed by atoms with E-state index in [1.807, 2.05) is 6.92 Å². The predicted octanol–water partition coefficient (Wildman–Crippen LogP) is 1.91. The third-order valence-electron chi connectivity index (χ3n) is 3.46. The van der Waals surface area contributed by atoms with E-state index in [1.54, 1.807) is 12.1 Å². The molecule has 0 fully saturated rings. The van der Waals surface area contributed by atoms with Crippen LogP contribution in [0.2, 0.25) is 0 Å². The molecule has 0 heterocycles. The average Bonchev–Trinajstić information content (AvgIpc) is 2.50. The summed E-state index contributed by atoms with van der Waals surface area (Å²) in [6.45, 7) is 9.26. The van der Waals surface area contributed by atoms with Gasteiger partial charge in [0.05, 0.1) is 5.56 Å². The predicted molar refractivity (Wildman–Crippen MR) is 86.0 cm³/mol. The van der Waals surface area contributed by atoms with Crippen LogP contribution < -0.4 is 10.6 Å². The van der Waals surface area contributed by atoms with Crippen LogP contribution in [-0.2, 0) is 6.54 Å². The second-order valence-electron chi connectivity index (χ2n) is 5.22. The normalized spacial score (nSPS) is 12.0. The minimum atomic E-state index is -0.956. The molecular formula is C16H25N3O3. The van der Waals surface area contributed by atoms with Crippen molar-refractivity contribution < 1.29 is 14.7 Å². The molecule has 6 heteroatoms. The average molecular weight is 307 g/mol. The van der Waals surface area contributed by atoms with Gasteiger partial charge in [0.25, 0.3) is 0 Å². The van der Waals surface area contributed by atoms with Gasteiger partial charge < -0.3 is 20.6 Å². The van der Waals surface area contributed by atoms with Gasteiger partial charge >= 0.3 is 12.0 Å². The van der Waals surface area contributed by atoms with Crippen molar-refractivity contribution >= 4 is 12.0 Å². The van der Waals surface area contributed by atoms with Gasteiger partial charge in [-0.25, -0.2) is 9.59 Å². The molecule has 0 aliphatic rings. The topological polar surface area (TPSA) is 81.7 Å². The highest BCUT2D eigenvalue weighted by Crippen LogP contribution is 2.04. The minimum absolute atomic E-state index is 0.0642. The summed E-state index contributed by atoms with van der Waals surface area (Å²) < 4.78 is 0. The third kappa shape index (κ3) is 6.13. The smallest absolute Gasteiger partial charge is 0.335 e. The Morgan fingerprint density at radius 3 is 2.27 bits per heavy atom. The maximum absolute atomic E-state index is 11.8. The molecule has 0 spiro atoms. The monoisotopic (exact) mass is 307 g/mol. The van der Waals surface area contributed by atoms with Crippen molar-refractivity contribution in [2.45, 2.75) is 33.4 Å². The Hall–Kier alpha value is -2.08. The first-order valence-corrected chi connectivity index (χ1v) is 7.55. The molecule has 122 valence electrons. The van der Waals surface area contributed by atoms with Gasteiger partial charge in [0.15, 0.2) is 0 Å². The number of benzene rings is 1. The highest BCUT2D eigenvalue weighted by molar-refractivity contribution is 5.87. The van der Waals surface area contributed by atoms with Gasteiger partial charge in [0.1, 0.15) is 0 Å². The number of carbonyl (C=O) groups excluding carboxylic acids is 1. The Morgan fingerprint density at radius 1 is 1.18 bits per heavy atom. The highest BCUT2D eigenvalue weighted by Gasteiger charge is 2.10. The van der Waals surface area contributed by atoms with Crippen molar-refractivity contribution in [2.24, 2.45) is 0 Å². The number of hydrogen-bond donors (Lipinski definition) is 3. The number of carboxylic acids is 1. The molecule has 2 amide bonds.